The predicted molar refractivity (Wildman–Crippen MR) is 125 cm³/mol. The molecule has 0 atom stereocenters. The standard InChI is InChI=1S/C24H21N3O4S/c1-27-18-5-4-12-25-23(18)32-21-10-8-16(14-17(21)24(27)29)26-22(28)11-7-15-6-9-19(30-2)20(13-15)31-3/h4-14H,1-3H3,(H,26,28). The molecule has 0 bridgehead atoms. The summed E-state index contributed by atoms with van der Waals surface area (Å²) >= 11 is 1.43. The highest BCUT2D eigenvalue weighted by molar-refractivity contribution is 7.99. The molecule has 7 nitrogen and oxygen atoms in total. The van der Waals surface area contributed by atoms with Crippen molar-refractivity contribution in [2.45, 2.75) is 9.92 Å². The van der Waals surface area contributed by atoms with E-state index in [1.165, 1.54) is 17.8 Å². The van der Waals surface area contributed by atoms with Crippen molar-refractivity contribution in [3.63, 3.8) is 0 Å². The average molecular weight is 448 g/mol. The van der Waals surface area contributed by atoms with Gasteiger partial charge in [0, 0.05) is 29.9 Å². The molecule has 1 aromatic heterocycles. The van der Waals surface area contributed by atoms with Crippen LogP contribution in [0.5, 0.6) is 11.5 Å². The molecule has 2 aromatic carbocycles. The second kappa shape index (κ2) is 9.15. The van der Waals surface area contributed by atoms with Crippen LogP contribution in [-0.2, 0) is 4.79 Å². The number of rotatable bonds is 5. The van der Waals surface area contributed by atoms with Gasteiger partial charge in [0.05, 0.1) is 25.5 Å². The molecule has 8 heteroatoms. The first-order valence-corrected chi connectivity index (χ1v) is 10.6. The van der Waals surface area contributed by atoms with Crippen LogP contribution in [0, 0.1) is 0 Å². The maximum atomic E-state index is 13.0. The second-order valence-corrected chi connectivity index (χ2v) is 7.97. The van der Waals surface area contributed by atoms with Crippen LogP contribution < -0.4 is 19.7 Å². The Morgan fingerprint density at radius 2 is 1.91 bits per heavy atom. The monoisotopic (exact) mass is 447 g/mol. The van der Waals surface area contributed by atoms with Gasteiger partial charge < -0.3 is 19.7 Å². The van der Waals surface area contributed by atoms with E-state index in [0.717, 1.165) is 21.2 Å². The molecule has 32 heavy (non-hydrogen) atoms. The molecule has 0 saturated heterocycles. The first kappa shape index (κ1) is 21.5. The summed E-state index contributed by atoms with van der Waals surface area (Å²) in [5, 5.41) is 3.57. The van der Waals surface area contributed by atoms with Gasteiger partial charge in [-0.25, -0.2) is 4.98 Å². The number of pyridine rings is 1. The molecular weight excluding hydrogens is 426 g/mol. The third kappa shape index (κ3) is 4.31. The van der Waals surface area contributed by atoms with Gasteiger partial charge in [-0.3, -0.25) is 9.59 Å². The van der Waals surface area contributed by atoms with Crippen LogP contribution >= 0.6 is 11.8 Å². The van der Waals surface area contributed by atoms with E-state index in [9.17, 15) is 9.59 Å². The molecule has 0 unspecified atom stereocenters. The summed E-state index contributed by atoms with van der Waals surface area (Å²) < 4.78 is 10.5. The van der Waals surface area contributed by atoms with Gasteiger partial charge in [-0.15, -0.1) is 0 Å². The Morgan fingerprint density at radius 1 is 1.09 bits per heavy atom. The molecule has 0 saturated carbocycles. The Hall–Kier alpha value is -3.78. The normalized spacial score (nSPS) is 12.7. The van der Waals surface area contributed by atoms with Crippen molar-refractivity contribution in [1.29, 1.82) is 0 Å². The van der Waals surface area contributed by atoms with Crippen LogP contribution in [-0.4, -0.2) is 38.1 Å². The largest absolute Gasteiger partial charge is 0.493 e. The minimum absolute atomic E-state index is 0.156. The fourth-order valence-corrected chi connectivity index (χ4v) is 4.31. The lowest BCUT2D eigenvalue weighted by Crippen LogP contribution is -2.26. The first-order valence-electron chi connectivity index (χ1n) is 9.76. The molecule has 2 heterocycles. The summed E-state index contributed by atoms with van der Waals surface area (Å²) in [6.45, 7) is 0. The number of carbonyl (C=O) groups is 2. The zero-order chi connectivity index (χ0) is 22.7. The van der Waals surface area contributed by atoms with Crippen molar-refractivity contribution in [1.82, 2.24) is 4.98 Å². The molecule has 0 aliphatic carbocycles. The van der Waals surface area contributed by atoms with Gasteiger partial charge >= 0.3 is 0 Å². The topological polar surface area (TPSA) is 80.8 Å². The summed E-state index contributed by atoms with van der Waals surface area (Å²) in [5.41, 5.74) is 2.59. The number of fused-ring (bicyclic) bond motifs is 2. The predicted octanol–water partition coefficient (Wildman–Crippen LogP) is 4.49. The van der Waals surface area contributed by atoms with E-state index < -0.39 is 0 Å². The van der Waals surface area contributed by atoms with Crippen LogP contribution in [0.2, 0.25) is 0 Å². The highest BCUT2D eigenvalue weighted by atomic mass is 32.2. The molecule has 1 aliphatic heterocycles. The minimum atomic E-state index is -0.313. The lowest BCUT2D eigenvalue weighted by molar-refractivity contribution is -0.111. The molecule has 2 amide bonds. The van der Waals surface area contributed by atoms with Gasteiger partial charge in [-0.2, -0.15) is 0 Å². The van der Waals surface area contributed by atoms with Crippen molar-refractivity contribution < 1.29 is 19.1 Å². The molecular formula is C24H21N3O4S. The number of anilines is 2. The van der Waals surface area contributed by atoms with Crippen molar-refractivity contribution in [2.75, 3.05) is 31.5 Å². The van der Waals surface area contributed by atoms with Gasteiger partial charge in [0.15, 0.2) is 11.5 Å². The number of nitrogens with zero attached hydrogens (tertiary/aromatic N) is 2. The number of methoxy groups -OCH3 is 2. The van der Waals surface area contributed by atoms with E-state index in [2.05, 4.69) is 10.3 Å². The summed E-state index contributed by atoms with van der Waals surface area (Å²) in [6.07, 6.45) is 4.81. The Kier molecular flexibility index (Phi) is 6.13. The zero-order valence-corrected chi connectivity index (χ0v) is 18.6. The number of amides is 2. The SMILES string of the molecule is COc1ccc(C=CC(=O)Nc2ccc3c(c2)C(=O)N(C)c2cccnc2S3)cc1OC. The molecule has 1 N–H and O–H groups in total. The fraction of sp³-hybridized carbons (Fsp3) is 0.125. The van der Waals surface area contributed by atoms with Gasteiger partial charge in [0.1, 0.15) is 5.03 Å². The van der Waals surface area contributed by atoms with Crippen LogP contribution in [0.15, 0.2) is 70.7 Å². The molecule has 0 fully saturated rings. The van der Waals surface area contributed by atoms with Crippen LogP contribution in [0.25, 0.3) is 6.08 Å². The average Bonchev–Trinajstić information content (AvgIpc) is 2.92. The summed E-state index contributed by atoms with van der Waals surface area (Å²) in [7, 11) is 4.84. The first-order chi connectivity index (χ1) is 15.5. The Labute approximate surface area is 190 Å². The second-order valence-electron chi connectivity index (χ2n) is 6.94. The molecule has 1 aliphatic rings. The highest BCUT2D eigenvalue weighted by Crippen LogP contribution is 2.40. The molecule has 0 spiro atoms. The summed E-state index contributed by atoms with van der Waals surface area (Å²) in [5.74, 6) is 0.725. The number of hydrogen-bond acceptors (Lipinski definition) is 6. The maximum absolute atomic E-state index is 13.0. The number of aromatic nitrogens is 1. The number of ether oxygens (including phenoxy) is 2. The lowest BCUT2D eigenvalue weighted by atomic mass is 10.1. The Balaban J connectivity index is 1.52. The third-order valence-corrected chi connectivity index (χ3v) is 6.02. The number of hydrogen-bond donors (Lipinski definition) is 1. The fourth-order valence-electron chi connectivity index (χ4n) is 3.29. The Morgan fingerprint density at radius 3 is 2.69 bits per heavy atom. The third-order valence-electron chi connectivity index (χ3n) is 4.94. The number of benzene rings is 2. The maximum Gasteiger partial charge on any atom is 0.259 e. The Bertz CT molecular complexity index is 1230. The smallest absolute Gasteiger partial charge is 0.259 e. The minimum Gasteiger partial charge on any atom is -0.493 e. The zero-order valence-electron chi connectivity index (χ0n) is 17.8. The van der Waals surface area contributed by atoms with Crippen molar-refractivity contribution in [2.24, 2.45) is 0 Å². The van der Waals surface area contributed by atoms with E-state index in [1.807, 2.05) is 18.2 Å². The van der Waals surface area contributed by atoms with Crippen molar-refractivity contribution in [3.05, 3.63) is 71.9 Å². The van der Waals surface area contributed by atoms with Gasteiger partial charge in [0.25, 0.3) is 5.91 Å². The van der Waals surface area contributed by atoms with Crippen molar-refractivity contribution >= 4 is 41.0 Å². The van der Waals surface area contributed by atoms with E-state index >= 15 is 0 Å². The van der Waals surface area contributed by atoms with Gasteiger partial charge in [0.2, 0.25) is 5.91 Å². The molecule has 3 aromatic rings. The number of nitrogens with one attached hydrogen (secondary N) is 1. The van der Waals surface area contributed by atoms with Gasteiger partial charge in [-0.05, 0) is 54.1 Å². The van der Waals surface area contributed by atoms with E-state index in [0.29, 0.717) is 22.7 Å². The summed E-state index contributed by atoms with van der Waals surface area (Å²) in [4.78, 5) is 32.2. The van der Waals surface area contributed by atoms with Crippen LogP contribution in [0.3, 0.4) is 0 Å². The van der Waals surface area contributed by atoms with E-state index in [-0.39, 0.29) is 11.8 Å². The van der Waals surface area contributed by atoms with E-state index in [4.69, 9.17) is 9.47 Å². The quantitative estimate of drug-likeness (QED) is 0.581. The molecule has 162 valence electrons. The highest BCUT2D eigenvalue weighted by Gasteiger charge is 2.25. The van der Waals surface area contributed by atoms with Crippen molar-refractivity contribution in [3.8, 4) is 11.5 Å². The lowest BCUT2D eigenvalue weighted by Gasteiger charge is -2.16. The van der Waals surface area contributed by atoms with Crippen LogP contribution in [0.1, 0.15) is 15.9 Å². The van der Waals surface area contributed by atoms with Crippen LogP contribution in [0.4, 0.5) is 11.4 Å². The van der Waals surface area contributed by atoms with E-state index in [1.54, 1.807) is 68.8 Å². The number of carbonyl (C=O) groups excluding carboxylic acids is 2. The molecule has 0 radical (unpaired) electrons. The summed E-state index contributed by atoms with van der Waals surface area (Å²) in [6, 6.07) is 14.3. The molecule has 4 rings (SSSR count). The van der Waals surface area contributed by atoms with Gasteiger partial charge in [-0.1, -0.05) is 17.8 Å².